The number of unbranched alkanes of at least 4 members (excludes halogenated alkanes) is 2. The quantitative estimate of drug-likeness (QED) is 0.0829. The highest BCUT2D eigenvalue weighted by molar-refractivity contribution is 6.20. The van der Waals surface area contributed by atoms with Gasteiger partial charge in [0.25, 0.3) is 0 Å². The molecule has 0 aliphatic rings. The number of nitrogens with zero attached hydrogens (tertiary/aromatic N) is 3. The number of rotatable bonds is 13. The summed E-state index contributed by atoms with van der Waals surface area (Å²) in [4.78, 5) is 2.60. The molecule has 1 atom stereocenters. The van der Waals surface area contributed by atoms with E-state index >= 15 is 0 Å². The second kappa shape index (κ2) is 18.8. The van der Waals surface area contributed by atoms with Crippen LogP contribution < -0.4 is 4.90 Å². The van der Waals surface area contributed by atoms with Crippen LogP contribution in [0.1, 0.15) is 57.4 Å². The Morgan fingerprint density at radius 3 is 1.30 bits per heavy atom. The third-order valence-corrected chi connectivity index (χ3v) is 15.5. The van der Waals surface area contributed by atoms with Crippen LogP contribution in [0, 0.1) is 0 Å². The fraction of sp³-hybridized carbons (Fsp3) is 0.114. The average molecular weight is 940 g/mol. The number of hydrogen-bond donors (Lipinski definition) is 0. The van der Waals surface area contributed by atoms with Crippen LogP contribution in [-0.4, -0.2) is 9.13 Å². The highest BCUT2D eigenvalue weighted by atomic mass is 15.1. The van der Waals surface area contributed by atoms with E-state index in [4.69, 9.17) is 0 Å². The summed E-state index contributed by atoms with van der Waals surface area (Å²) < 4.78 is 4.84. The third kappa shape index (κ3) is 7.66. The lowest BCUT2D eigenvalue weighted by Gasteiger charge is -2.31. The summed E-state index contributed by atoms with van der Waals surface area (Å²) in [5, 5.41) is 10.0. The average Bonchev–Trinajstić information content (AvgIpc) is 3.97. The first-order chi connectivity index (χ1) is 36.2. The van der Waals surface area contributed by atoms with Crippen molar-refractivity contribution in [3.8, 4) is 33.6 Å². The summed E-state index contributed by atoms with van der Waals surface area (Å²) in [6.45, 7) is 4.72. The lowest BCUT2D eigenvalue weighted by atomic mass is 9.81. The van der Waals surface area contributed by atoms with Gasteiger partial charge < -0.3 is 14.0 Å². The van der Waals surface area contributed by atoms with Gasteiger partial charge in [0, 0.05) is 55.1 Å². The van der Waals surface area contributed by atoms with Crippen molar-refractivity contribution in [2.45, 2.75) is 51.9 Å². The maximum Gasteiger partial charge on any atom is 0.0618 e. The van der Waals surface area contributed by atoms with Gasteiger partial charge in [-0.2, -0.15) is 0 Å². The van der Waals surface area contributed by atoms with Crippen molar-refractivity contribution in [1.82, 2.24) is 9.13 Å². The maximum absolute atomic E-state index is 2.60. The summed E-state index contributed by atoms with van der Waals surface area (Å²) >= 11 is 0. The van der Waals surface area contributed by atoms with Crippen LogP contribution in [-0.2, 0) is 0 Å². The predicted octanol–water partition coefficient (Wildman–Crippen LogP) is 20.1. The first kappa shape index (κ1) is 44.3. The molecule has 0 saturated heterocycles. The van der Waals surface area contributed by atoms with E-state index in [9.17, 15) is 0 Å². The molecule has 352 valence electrons. The Morgan fingerprint density at radius 1 is 0.342 bits per heavy atom. The molecular weight excluding hydrogens is 883 g/mol. The van der Waals surface area contributed by atoms with Gasteiger partial charge in [-0.3, -0.25) is 0 Å². The molecule has 0 radical (unpaired) electrons. The van der Waals surface area contributed by atoms with Crippen molar-refractivity contribution in [3.05, 3.63) is 248 Å². The summed E-state index contributed by atoms with van der Waals surface area (Å²) in [5.74, 6) is 0.383. The van der Waals surface area contributed by atoms with Gasteiger partial charge in [0.05, 0.1) is 27.8 Å². The van der Waals surface area contributed by atoms with E-state index in [0.29, 0.717) is 5.92 Å². The zero-order valence-electron chi connectivity index (χ0n) is 41.5. The Balaban J connectivity index is 1.17. The largest absolute Gasteiger partial charge is 0.309 e. The molecule has 11 aromatic carbocycles. The van der Waals surface area contributed by atoms with E-state index in [1.165, 1.54) is 118 Å². The van der Waals surface area contributed by atoms with Gasteiger partial charge in [-0.25, -0.2) is 0 Å². The summed E-state index contributed by atoms with van der Waals surface area (Å²) in [7, 11) is 0. The zero-order valence-corrected chi connectivity index (χ0v) is 41.5. The lowest BCUT2D eigenvalue weighted by molar-refractivity contribution is 0.558. The molecule has 0 aliphatic carbocycles. The molecule has 0 fully saturated rings. The number of fused-ring (bicyclic) bond motifs is 8. The van der Waals surface area contributed by atoms with Crippen LogP contribution in [0.15, 0.2) is 243 Å². The Kier molecular flexibility index (Phi) is 11.4. The normalized spacial score (nSPS) is 12.2. The van der Waals surface area contributed by atoms with Crippen molar-refractivity contribution >= 4 is 82.2 Å². The van der Waals surface area contributed by atoms with E-state index in [-0.39, 0.29) is 0 Å². The molecule has 13 rings (SSSR count). The molecule has 0 saturated carbocycles. The number of aromatic nitrogens is 2. The van der Waals surface area contributed by atoms with Gasteiger partial charge in [-0.1, -0.05) is 191 Å². The van der Waals surface area contributed by atoms with Gasteiger partial charge in [0.2, 0.25) is 0 Å². The first-order valence-corrected chi connectivity index (χ1v) is 26.3. The maximum atomic E-state index is 2.60. The first-order valence-electron chi connectivity index (χ1n) is 26.3. The highest BCUT2D eigenvalue weighted by Crippen LogP contribution is 2.51. The van der Waals surface area contributed by atoms with Gasteiger partial charge >= 0.3 is 0 Å². The molecule has 0 aliphatic heterocycles. The van der Waals surface area contributed by atoms with Crippen LogP contribution in [0.2, 0.25) is 0 Å². The minimum Gasteiger partial charge on any atom is -0.309 e. The molecule has 3 nitrogen and oxygen atoms in total. The van der Waals surface area contributed by atoms with E-state index in [1.54, 1.807) is 0 Å². The van der Waals surface area contributed by atoms with Crippen LogP contribution in [0.3, 0.4) is 0 Å². The van der Waals surface area contributed by atoms with Crippen LogP contribution >= 0.6 is 0 Å². The molecule has 2 heterocycles. The summed E-state index contributed by atoms with van der Waals surface area (Å²) in [5.41, 5.74) is 16.8. The number of hydrogen-bond acceptors (Lipinski definition) is 1. The SMILES string of the molecule is CCCCCC(CC)c1c2cc(-c3ccccc3)ccc2c(N(c2ccc3c(c2)c2ccccc2n3-c2ccccc2)c2ccc3c(c2)c2ccccc2n3-c2ccccc2)c2cc(-c3ccccc3)ccc12. The standard InChI is InChI=1S/C70H57N3/c1-3-5-10-23-48(4-2)69-59-40-36-52(50-26-13-7-14-27-50)45-64(59)70(60-41-37-51(44-63(60)69)49-24-11-6-12-25-49)71(55-38-42-67-61(46-55)57-32-19-21-34-65(57)72(67)53-28-15-8-16-29-53)56-39-43-68-62(47-56)58-33-20-22-35-66(58)73(68)54-30-17-9-18-31-54/h6-9,11-22,24-48H,3-5,10,23H2,1-2H3. The Morgan fingerprint density at radius 2 is 0.795 bits per heavy atom. The second-order valence-corrected chi connectivity index (χ2v) is 19.7. The van der Waals surface area contributed by atoms with Crippen LogP contribution in [0.4, 0.5) is 17.1 Å². The molecule has 2 aromatic heterocycles. The minimum absolute atomic E-state index is 0.383. The van der Waals surface area contributed by atoms with E-state index < -0.39 is 0 Å². The Bertz CT molecular complexity index is 3970. The molecule has 3 heteroatoms. The van der Waals surface area contributed by atoms with Gasteiger partial charge in [-0.05, 0) is 142 Å². The van der Waals surface area contributed by atoms with E-state index in [1.807, 2.05) is 0 Å². The Labute approximate surface area is 427 Å². The van der Waals surface area contributed by atoms with Gasteiger partial charge in [0.15, 0.2) is 0 Å². The Hall–Kier alpha value is -8.66. The van der Waals surface area contributed by atoms with Crippen molar-refractivity contribution < 1.29 is 0 Å². The molecule has 0 bridgehead atoms. The van der Waals surface area contributed by atoms with Crippen molar-refractivity contribution in [2.75, 3.05) is 4.90 Å². The topological polar surface area (TPSA) is 13.1 Å². The minimum atomic E-state index is 0.383. The van der Waals surface area contributed by atoms with Gasteiger partial charge in [0.1, 0.15) is 0 Å². The molecule has 0 amide bonds. The monoisotopic (exact) mass is 939 g/mol. The number of benzene rings is 11. The number of para-hydroxylation sites is 4. The van der Waals surface area contributed by atoms with Gasteiger partial charge in [-0.15, -0.1) is 0 Å². The van der Waals surface area contributed by atoms with E-state index in [2.05, 4.69) is 271 Å². The van der Waals surface area contributed by atoms with E-state index in [0.717, 1.165) is 35.6 Å². The second-order valence-electron chi connectivity index (χ2n) is 19.7. The molecular formula is C70H57N3. The lowest BCUT2D eigenvalue weighted by Crippen LogP contribution is -2.13. The van der Waals surface area contributed by atoms with Crippen LogP contribution in [0.5, 0.6) is 0 Å². The molecule has 0 spiro atoms. The van der Waals surface area contributed by atoms with Crippen LogP contribution in [0.25, 0.3) is 98.8 Å². The smallest absolute Gasteiger partial charge is 0.0618 e. The van der Waals surface area contributed by atoms with Crippen molar-refractivity contribution in [2.24, 2.45) is 0 Å². The number of anilines is 3. The fourth-order valence-electron chi connectivity index (χ4n) is 12.1. The third-order valence-electron chi connectivity index (χ3n) is 15.5. The highest BCUT2D eigenvalue weighted by Gasteiger charge is 2.27. The summed E-state index contributed by atoms with van der Waals surface area (Å²) in [6.07, 6.45) is 5.86. The zero-order chi connectivity index (χ0) is 48.8. The molecule has 73 heavy (non-hydrogen) atoms. The fourth-order valence-corrected chi connectivity index (χ4v) is 12.1. The van der Waals surface area contributed by atoms with Crippen molar-refractivity contribution in [1.29, 1.82) is 0 Å². The van der Waals surface area contributed by atoms with Crippen molar-refractivity contribution in [3.63, 3.8) is 0 Å². The molecule has 0 N–H and O–H groups in total. The molecule has 13 aromatic rings. The predicted molar refractivity (Wildman–Crippen MR) is 313 cm³/mol. The molecule has 1 unspecified atom stereocenters. The summed E-state index contributed by atoms with van der Waals surface area (Å²) in [6, 6.07) is 90.3.